The number of aromatic nitrogens is 3. The highest BCUT2D eigenvalue weighted by Crippen LogP contribution is 2.31. The van der Waals surface area contributed by atoms with Crippen LogP contribution in [0.5, 0.6) is 0 Å². The molecule has 0 bridgehead atoms. The van der Waals surface area contributed by atoms with Crippen LogP contribution in [0.3, 0.4) is 0 Å². The third-order valence-corrected chi connectivity index (χ3v) is 6.71. The lowest BCUT2D eigenvalue weighted by Gasteiger charge is -2.18. The maximum absolute atomic E-state index is 12.6. The van der Waals surface area contributed by atoms with Crippen LogP contribution >= 0.6 is 0 Å². The number of ether oxygens (including phenoxy) is 1. The number of aryl methyl sites for hydroxylation is 2. The smallest absolute Gasteiger partial charge is 0.411 e. The summed E-state index contributed by atoms with van der Waals surface area (Å²) in [6.07, 6.45) is 7.44. The van der Waals surface area contributed by atoms with Crippen LogP contribution in [0.4, 0.5) is 22.0 Å². The van der Waals surface area contributed by atoms with E-state index in [2.05, 4.69) is 45.1 Å². The fourth-order valence-corrected chi connectivity index (χ4v) is 4.78. The predicted molar refractivity (Wildman–Crippen MR) is 141 cm³/mol. The first-order valence-corrected chi connectivity index (χ1v) is 12.6. The van der Waals surface area contributed by atoms with Gasteiger partial charge in [-0.2, -0.15) is 5.10 Å². The van der Waals surface area contributed by atoms with Gasteiger partial charge in [0.05, 0.1) is 25.6 Å². The molecule has 1 fully saturated rings. The average molecular weight is 510 g/mol. The molecule has 3 aromatic rings. The van der Waals surface area contributed by atoms with Crippen molar-refractivity contribution in [2.75, 3.05) is 37.9 Å². The lowest BCUT2D eigenvalue weighted by atomic mass is 10.1. The largest absolute Gasteiger partial charge is 0.449 e. The van der Waals surface area contributed by atoms with Crippen molar-refractivity contribution in [2.24, 2.45) is 0 Å². The van der Waals surface area contributed by atoms with Crippen LogP contribution in [-0.2, 0) is 16.0 Å². The number of carbonyl (C=O) groups is 2. The number of hydrogen-bond acceptors (Lipinski definition) is 8. The van der Waals surface area contributed by atoms with Crippen LogP contribution in [0.2, 0.25) is 0 Å². The van der Waals surface area contributed by atoms with Gasteiger partial charge in [0.1, 0.15) is 11.8 Å². The molecule has 2 amide bonds. The Balaban J connectivity index is 1.54. The number of nitrogens with zero attached hydrogens (tertiary/aromatic N) is 4. The molecule has 0 radical (unpaired) electrons. The van der Waals surface area contributed by atoms with Crippen molar-refractivity contribution in [3.05, 3.63) is 47.4 Å². The van der Waals surface area contributed by atoms with Gasteiger partial charge in [-0.15, -0.1) is 0 Å². The van der Waals surface area contributed by atoms with E-state index in [-0.39, 0.29) is 5.91 Å². The first-order valence-electron chi connectivity index (χ1n) is 12.6. The number of benzene rings is 1. The zero-order valence-corrected chi connectivity index (χ0v) is 21.8. The number of likely N-dealkylation sites (tertiary alicyclic amines) is 1. The van der Waals surface area contributed by atoms with E-state index >= 15 is 0 Å². The second kappa shape index (κ2) is 12.0. The lowest BCUT2D eigenvalue weighted by Crippen LogP contribution is -2.27. The van der Waals surface area contributed by atoms with Crippen LogP contribution in [0.15, 0.2) is 30.7 Å². The number of anilines is 3. The minimum Gasteiger partial charge on any atom is -0.449 e. The van der Waals surface area contributed by atoms with Gasteiger partial charge in [-0.3, -0.25) is 14.9 Å². The van der Waals surface area contributed by atoms with Gasteiger partial charge in [0.15, 0.2) is 5.82 Å². The van der Waals surface area contributed by atoms with Crippen LogP contribution < -0.4 is 16.1 Å². The molecular formula is C26H35N7O4. The molecule has 0 aliphatic carbocycles. The molecule has 0 saturated carbocycles. The Morgan fingerprint density at radius 2 is 2.11 bits per heavy atom. The standard InChI is InChI=1S/C26H35N7O4/c1-5-7-20-22(30-26(35)37-13-11-19-8-6-12-32(19)3)15-33-23(20)24(27-16-28-33)29-18-10-9-17(2)21(14-18)25(34)31-36-4/h9-10,14-16,19H,5-8,11-13H2,1-4H3,(H,30,35)(H,31,34)(H,27,28,29). The minimum absolute atomic E-state index is 0.338. The second-order valence-electron chi connectivity index (χ2n) is 9.29. The van der Waals surface area contributed by atoms with Crippen molar-refractivity contribution in [3.8, 4) is 0 Å². The van der Waals surface area contributed by atoms with E-state index in [1.54, 1.807) is 16.8 Å². The number of hydrogen-bond donors (Lipinski definition) is 3. The number of amides is 2. The SMILES string of the molecule is CCCc1c(NC(=O)OCCC2CCCN2C)cn2ncnc(Nc3ccc(C)c(C(=O)NOC)c3)c12. The Morgan fingerprint density at radius 3 is 2.84 bits per heavy atom. The van der Waals surface area contributed by atoms with Gasteiger partial charge in [-0.1, -0.05) is 19.4 Å². The number of rotatable bonds is 10. The van der Waals surface area contributed by atoms with E-state index in [9.17, 15) is 9.59 Å². The summed E-state index contributed by atoms with van der Waals surface area (Å²) in [7, 11) is 3.50. The zero-order valence-electron chi connectivity index (χ0n) is 21.8. The van der Waals surface area contributed by atoms with Crippen molar-refractivity contribution in [1.82, 2.24) is 25.0 Å². The Labute approximate surface area is 216 Å². The summed E-state index contributed by atoms with van der Waals surface area (Å²) in [6, 6.07) is 5.93. The molecule has 11 heteroatoms. The molecule has 1 unspecified atom stereocenters. The minimum atomic E-state index is -0.483. The molecule has 37 heavy (non-hydrogen) atoms. The van der Waals surface area contributed by atoms with Gasteiger partial charge in [-0.25, -0.2) is 19.8 Å². The van der Waals surface area contributed by atoms with E-state index in [1.807, 2.05) is 19.1 Å². The van der Waals surface area contributed by atoms with Crippen molar-refractivity contribution in [3.63, 3.8) is 0 Å². The van der Waals surface area contributed by atoms with E-state index in [0.29, 0.717) is 41.8 Å². The monoisotopic (exact) mass is 509 g/mol. The molecule has 3 heterocycles. The summed E-state index contributed by atoms with van der Waals surface area (Å²) in [5, 5.41) is 10.6. The molecule has 3 N–H and O–H groups in total. The molecule has 11 nitrogen and oxygen atoms in total. The second-order valence-corrected chi connectivity index (χ2v) is 9.29. The van der Waals surface area contributed by atoms with Crippen molar-refractivity contribution in [1.29, 1.82) is 0 Å². The van der Waals surface area contributed by atoms with Gasteiger partial charge in [0.2, 0.25) is 0 Å². The summed E-state index contributed by atoms with van der Waals surface area (Å²) in [6.45, 7) is 5.39. The quantitative estimate of drug-likeness (QED) is 0.350. The Hall–Kier alpha value is -3.70. The maximum atomic E-state index is 12.6. The molecule has 4 rings (SSSR count). The maximum Gasteiger partial charge on any atom is 0.411 e. The summed E-state index contributed by atoms with van der Waals surface area (Å²) in [5.41, 5.74) is 6.62. The highest BCUT2D eigenvalue weighted by atomic mass is 16.6. The summed E-state index contributed by atoms with van der Waals surface area (Å²) in [4.78, 5) is 36.5. The highest BCUT2D eigenvalue weighted by Gasteiger charge is 2.22. The molecule has 1 aliphatic heterocycles. The first kappa shape index (κ1) is 26.4. The fourth-order valence-electron chi connectivity index (χ4n) is 4.78. The van der Waals surface area contributed by atoms with Crippen LogP contribution in [0.25, 0.3) is 5.52 Å². The zero-order chi connectivity index (χ0) is 26.4. The highest BCUT2D eigenvalue weighted by molar-refractivity contribution is 5.96. The van der Waals surface area contributed by atoms with E-state index in [4.69, 9.17) is 9.57 Å². The lowest BCUT2D eigenvalue weighted by molar-refractivity contribution is 0.0537. The molecule has 1 saturated heterocycles. The molecule has 1 aromatic carbocycles. The first-order chi connectivity index (χ1) is 17.9. The van der Waals surface area contributed by atoms with E-state index < -0.39 is 6.09 Å². The van der Waals surface area contributed by atoms with E-state index in [1.165, 1.54) is 19.9 Å². The van der Waals surface area contributed by atoms with E-state index in [0.717, 1.165) is 42.5 Å². The van der Waals surface area contributed by atoms with Crippen LogP contribution in [0.1, 0.15) is 54.1 Å². The predicted octanol–water partition coefficient (Wildman–Crippen LogP) is 4.06. The Morgan fingerprint density at radius 1 is 1.27 bits per heavy atom. The number of fused-ring (bicyclic) bond motifs is 1. The normalized spacial score (nSPS) is 15.6. The number of hydroxylamine groups is 1. The molecule has 1 atom stereocenters. The average Bonchev–Trinajstić information content (AvgIpc) is 3.44. The van der Waals surface area contributed by atoms with Gasteiger partial charge in [0, 0.05) is 22.9 Å². The van der Waals surface area contributed by atoms with Crippen molar-refractivity contribution in [2.45, 2.75) is 52.0 Å². The van der Waals surface area contributed by atoms with Gasteiger partial charge in [0.25, 0.3) is 5.91 Å². The summed E-state index contributed by atoms with van der Waals surface area (Å²) in [5.74, 6) is 0.224. The van der Waals surface area contributed by atoms with Gasteiger partial charge < -0.3 is 15.0 Å². The molecule has 0 spiro atoms. The topological polar surface area (TPSA) is 122 Å². The van der Waals surface area contributed by atoms with Crippen LogP contribution in [-0.4, -0.2) is 64.8 Å². The Kier molecular flexibility index (Phi) is 8.57. The molecular weight excluding hydrogens is 474 g/mol. The number of carbonyl (C=O) groups excluding carboxylic acids is 2. The third-order valence-electron chi connectivity index (χ3n) is 6.71. The van der Waals surface area contributed by atoms with Gasteiger partial charge in [-0.05, 0) is 63.9 Å². The number of nitrogens with one attached hydrogen (secondary N) is 3. The van der Waals surface area contributed by atoms with Crippen molar-refractivity contribution >= 4 is 34.7 Å². The summed E-state index contributed by atoms with van der Waals surface area (Å²) < 4.78 is 7.18. The molecule has 1 aliphatic rings. The molecule has 2 aromatic heterocycles. The summed E-state index contributed by atoms with van der Waals surface area (Å²) >= 11 is 0. The van der Waals surface area contributed by atoms with Gasteiger partial charge >= 0.3 is 6.09 Å². The Bertz CT molecular complexity index is 1260. The van der Waals surface area contributed by atoms with Crippen molar-refractivity contribution < 1.29 is 19.2 Å². The third kappa shape index (κ3) is 6.17. The van der Waals surface area contributed by atoms with Crippen LogP contribution in [0, 0.1) is 6.92 Å². The fraction of sp³-hybridized carbons (Fsp3) is 0.462. The molecule has 198 valence electrons.